The number of aromatic nitrogens is 1. The molecule has 0 radical (unpaired) electrons. The Labute approximate surface area is 316 Å². The van der Waals surface area contributed by atoms with Gasteiger partial charge in [0, 0.05) is 22.9 Å². The van der Waals surface area contributed by atoms with Gasteiger partial charge in [0.2, 0.25) is 0 Å². The highest BCUT2D eigenvalue weighted by atomic mass is 32.1. The van der Waals surface area contributed by atoms with Gasteiger partial charge in [-0.25, -0.2) is 4.98 Å². The van der Waals surface area contributed by atoms with E-state index >= 15 is 0 Å². The quantitative estimate of drug-likeness (QED) is 0.168. The molecule has 53 heavy (non-hydrogen) atoms. The van der Waals surface area contributed by atoms with Crippen molar-refractivity contribution < 1.29 is 5.11 Å². The van der Waals surface area contributed by atoms with E-state index in [1.165, 1.54) is 27.5 Å². The Hall–Kier alpha value is -5.84. The maximum absolute atomic E-state index is 10.7. The molecule has 0 spiro atoms. The first-order chi connectivity index (χ1) is 25.6. The van der Waals surface area contributed by atoms with Gasteiger partial charge in [0.05, 0.1) is 15.9 Å². The van der Waals surface area contributed by atoms with Crippen LogP contribution < -0.4 is 0 Å². The van der Waals surface area contributed by atoms with E-state index < -0.39 is 0 Å². The third-order valence-electron chi connectivity index (χ3n) is 10.1. The molecular formula is C49H42N2OS. The van der Waals surface area contributed by atoms with Crippen LogP contribution in [0.1, 0.15) is 57.2 Å². The van der Waals surface area contributed by atoms with Crippen LogP contribution in [0.25, 0.3) is 64.9 Å². The topological polar surface area (TPSA) is 45.5 Å². The number of para-hydroxylation sites is 1. The minimum atomic E-state index is -0.0444. The molecule has 7 aromatic carbocycles. The summed E-state index contributed by atoms with van der Waals surface area (Å²) in [7, 11) is 0. The summed E-state index contributed by atoms with van der Waals surface area (Å²) in [5.74, 6) is 0.694. The summed E-state index contributed by atoms with van der Waals surface area (Å²) >= 11 is 1.69. The number of fused-ring (bicyclic) bond motifs is 2. The summed E-state index contributed by atoms with van der Waals surface area (Å²) in [6.07, 6.45) is 1.76. The van der Waals surface area contributed by atoms with E-state index in [2.05, 4.69) is 144 Å². The maximum Gasteiger partial charge on any atom is 0.126 e. The molecule has 1 heterocycles. The van der Waals surface area contributed by atoms with Gasteiger partial charge in [-0.15, -0.1) is 11.3 Å². The first-order valence-electron chi connectivity index (χ1n) is 18.2. The summed E-state index contributed by atoms with van der Waals surface area (Å²) in [5.41, 5.74) is 12.9. The Balaban J connectivity index is 1.25. The lowest BCUT2D eigenvalue weighted by Gasteiger charge is -2.19. The van der Waals surface area contributed by atoms with Crippen LogP contribution >= 0.6 is 11.3 Å². The molecule has 0 unspecified atom stereocenters. The summed E-state index contributed by atoms with van der Waals surface area (Å²) in [6, 6.07) is 51.3. The van der Waals surface area contributed by atoms with Gasteiger partial charge in [-0.3, -0.25) is 4.99 Å². The van der Waals surface area contributed by atoms with Crippen LogP contribution in [0, 0.1) is 0 Å². The Morgan fingerprint density at radius 1 is 0.642 bits per heavy atom. The van der Waals surface area contributed by atoms with Gasteiger partial charge >= 0.3 is 0 Å². The number of aliphatic imine (C=N–C) groups is 1. The molecule has 0 fully saturated rings. The summed E-state index contributed by atoms with van der Waals surface area (Å²) in [4.78, 5) is 10.3. The predicted molar refractivity (Wildman–Crippen MR) is 227 cm³/mol. The van der Waals surface area contributed by atoms with Crippen molar-refractivity contribution in [3.8, 4) is 49.7 Å². The predicted octanol–water partition coefficient (Wildman–Crippen LogP) is 14.0. The number of benzene rings is 7. The molecule has 0 atom stereocenters. The molecule has 0 aliphatic carbocycles. The van der Waals surface area contributed by atoms with Crippen LogP contribution in [0.3, 0.4) is 0 Å². The average Bonchev–Trinajstić information content (AvgIpc) is 3.61. The highest BCUT2D eigenvalue weighted by molar-refractivity contribution is 7.21. The zero-order valence-electron chi connectivity index (χ0n) is 30.8. The fourth-order valence-corrected chi connectivity index (χ4v) is 8.01. The Morgan fingerprint density at radius 2 is 1.34 bits per heavy atom. The number of hydrogen-bond acceptors (Lipinski definition) is 4. The third-order valence-corrected chi connectivity index (χ3v) is 11.1. The summed E-state index contributed by atoms with van der Waals surface area (Å²) < 4.78 is 1.11. The fourth-order valence-electron chi connectivity index (χ4n) is 6.94. The number of phenolic OH excluding ortho intramolecular Hbond substituents is 1. The standard InChI is InChI=1S/C49H42N2OS/c1-31(2)35-14-10-15-36(26-35)32-20-22-33(23-21-32)37-28-43(41-18-11-13-34-12-6-7-16-40(34)41)47-46(29-37)53-48(51-47)42-17-8-9-19-44(42)50-30-38-27-39(49(3,4)5)24-25-45(38)52/h6-31,52H,1-5H3. The van der Waals surface area contributed by atoms with Crippen LogP contribution in [-0.4, -0.2) is 16.3 Å². The minimum absolute atomic E-state index is 0.0444. The average molecular weight is 707 g/mol. The van der Waals surface area contributed by atoms with E-state index in [1.807, 2.05) is 30.3 Å². The Morgan fingerprint density at radius 3 is 2.13 bits per heavy atom. The van der Waals surface area contributed by atoms with Crippen LogP contribution in [0.15, 0.2) is 151 Å². The fraction of sp³-hybridized carbons (Fsp3) is 0.143. The number of hydrogen-bond donors (Lipinski definition) is 1. The maximum atomic E-state index is 10.7. The smallest absolute Gasteiger partial charge is 0.126 e. The second kappa shape index (κ2) is 13.9. The highest BCUT2D eigenvalue weighted by Gasteiger charge is 2.18. The molecular weight excluding hydrogens is 665 g/mol. The molecule has 1 aromatic heterocycles. The Kier molecular flexibility index (Phi) is 9.01. The zero-order chi connectivity index (χ0) is 36.7. The van der Waals surface area contributed by atoms with Crippen LogP contribution in [0.5, 0.6) is 5.75 Å². The number of nitrogens with zero attached hydrogens (tertiary/aromatic N) is 2. The van der Waals surface area contributed by atoms with E-state index in [4.69, 9.17) is 9.98 Å². The molecule has 0 saturated heterocycles. The van der Waals surface area contributed by atoms with Crippen LogP contribution in [0.4, 0.5) is 5.69 Å². The third kappa shape index (κ3) is 6.91. The molecule has 0 amide bonds. The summed E-state index contributed by atoms with van der Waals surface area (Å²) in [6.45, 7) is 11.0. The van der Waals surface area contributed by atoms with Gasteiger partial charge in [-0.1, -0.05) is 144 Å². The van der Waals surface area contributed by atoms with Crippen LogP contribution in [0.2, 0.25) is 0 Å². The number of thiazole rings is 1. The Bertz CT molecular complexity index is 2640. The van der Waals surface area contributed by atoms with Crippen molar-refractivity contribution in [2.45, 2.75) is 46.0 Å². The van der Waals surface area contributed by atoms with E-state index in [9.17, 15) is 5.11 Å². The lowest BCUT2D eigenvalue weighted by atomic mass is 9.86. The number of aromatic hydroxyl groups is 1. The molecule has 0 aliphatic rings. The van der Waals surface area contributed by atoms with Crippen molar-refractivity contribution in [2.75, 3.05) is 0 Å². The number of phenols is 1. The van der Waals surface area contributed by atoms with Crippen molar-refractivity contribution in [1.29, 1.82) is 0 Å². The first-order valence-corrected chi connectivity index (χ1v) is 19.0. The zero-order valence-corrected chi connectivity index (χ0v) is 31.6. The van der Waals surface area contributed by atoms with Gasteiger partial charge in [0.15, 0.2) is 0 Å². The van der Waals surface area contributed by atoms with E-state index in [0.717, 1.165) is 54.3 Å². The molecule has 260 valence electrons. The largest absolute Gasteiger partial charge is 0.507 e. The second-order valence-corrected chi connectivity index (χ2v) is 16.1. The number of rotatable bonds is 7. The van der Waals surface area contributed by atoms with Crippen molar-refractivity contribution in [3.05, 3.63) is 162 Å². The molecule has 8 rings (SSSR count). The molecule has 4 heteroatoms. The van der Waals surface area contributed by atoms with Gasteiger partial charge in [-0.2, -0.15) is 0 Å². The van der Waals surface area contributed by atoms with Gasteiger partial charge < -0.3 is 5.11 Å². The van der Waals surface area contributed by atoms with Gasteiger partial charge in [0.1, 0.15) is 10.8 Å². The van der Waals surface area contributed by atoms with Crippen molar-refractivity contribution in [3.63, 3.8) is 0 Å². The van der Waals surface area contributed by atoms with E-state index in [1.54, 1.807) is 23.6 Å². The van der Waals surface area contributed by atoms with Crippen molar-refractivity contribution >= 4 is 44.2 Å². The van der Waals surface area contributed by atoms with E-state index in [-0.39, 0.29) is 11.2 Å². The monoisotopic (exact) mass is 706 g/mol. The first kappa shape index (κ1) is 34.3. The van der Waals surface area contributed by atoms with Gasteiger partial charge in [0.25, 0.3) is 0 Å². The molecule has 0 bridgehead atoms. The molecule has 1 N–H and O–H groups in total. The second-order valence-electron chi connectivity index (χ2n) is 15.1. The highest BCUT2D eigenvalue weighted by Crippen LogP contribution is 2.43. The molecule has 0 saturated carbocycles. The lowest BCUT2D eigenvalue weighted by molar-refractivity contribution is 0.473. The van der Waals surface area contributed by atoms with E-state index in [0.29, 0.717) is 11.5 Å². The van der Waals surface area contributed by atoms with Crippen molar-refractivity contribution in [2.24, 2.45) is 4.99 Å². The van der Waals surface area contributed by atoms with Crippen LogP contribution in [-0.2, 0) is 5.41 Å². The van der Waals surface area contributed by atoms with Gasteiger partial charge in [-0.05, 0) is 97.4 Å². The SMILES string of the molecule is CC(C)c1cccc(-c2ccc(-c3cc(-c4cccc5ccccc45)c4nc(-c5ccccc5N=Cc5cc(C(C)(C)C)ccc5O)sc4c3)cc2)c1. The van der Waals surface area contributed by atoms with Crippen molar-refractivity contribution in [1.82, 2.24) is 4.98 Å². The molecule has 0 aliphatic heterocycles. The minimum Gasteiger partial charge on any atom is -0.507 e. The molecule has 8 aromatic rings. The normalized spacial score (nSPS) is 12.0. The summed E-state index contributed by atoms with van der Waals surface area (Å²) in [5, 5.41) is 14.0. The molecule has 3 nitrogen and oxygen atoms in total. The lowest BCUT2D eigenvalue weighted by Crippen LogP contribution is -2.11.